The first-order valence-electron chi connectivity index (χ1n) is 5.99. The number of likely N-dealkylation sites (N-methyl/N-ethyl adjacent to an activating group) is 1. The van der Waals surface area contributed by atoms with Crippen molar-refractivity contribution < 1.29 is 9.90 Å². The topological polar surface area (TPSA) is 40.5 Å². The SMILES string of the molecule is CN(C(=O)C(S)Cc1ccccc1)C(C)(C)CO. The number of hydrogen-bond donors (Lipinski definition) is 2. The fraction of sp³-hybridized carbons (Fsp3) is 0.500. The zero-order chi connectivity index (χ0) is 13.8. The number of rotatable bonds is 5. The van der Waals surface area contributed by atoms with E-state index in [2.05, 4.69) is 12.6 Å². The van der Waals surface area contributed by atoms with Crippen LogP contribution in [0.15, 0.2) is 30.3 Å². The van der Waals surface area contributed by atoms with E-state index in [4.69, 9.17) is 0 Å². The molecule has 1 amide bonds. The molecule has 0 saturated heterocycles. The Bertz CT molecular complexity index is 392. The Kier molecular flexibility index (Phi) is 5.23. The van der Waals surface area contributed by atoms with Crippen LogP contribution in [-0.2, 0) is 11.2 Å². The number of thiol groups is 1. The van der Waals surface area contributed by atoms with Crippen LogP contribution >= 0.6 is 12.6 Å². The fourth-order valence-electron chi connectivity index (χ4n) is 1.55. The van der Waals surface area contributed by atoms with E-state index in [1.165, 1.54) is 0 Å². The summed E-state index contributed by atoms with van der Waals surface area (Å²) in [5.41, 5.74) is 0.524. The molecule has 0 aliphatic heterocycles. The predicted octanol–water partition coefficient (Wildman–Crippen LogP) is 1.76. The van der Waals surface area contributed by atoms with Gasteiger partial charge in [-0.3, -0.25) is 4.79 Å². The van der Waals surface area contributed by atoms with E-state index in [0.717, 1.165) is 5.56 Å². The second kappa shape index (κ2) is 6.25. The number of carbonyl (C=O) groups excluding carboxylic acids is 1. The van der Waals surface area contributed by atoms with Gasteiger partial charge in [-0.25, -0.2) is 0 Å². The van der Waals surface area contributed by atoms with Gasteiger partial charge < -0.3 is 10.0 Å². The van der Waals surface area contributed by atoms with Gasteiger partial charge in [0.1, 0.15) is 0 Å². The van der Waals surface area contributed by atoms with Crippen LogP contribution < -0.4 is 0 Å². The molecule has 0 bridgehead atoms. The monoisotopic (exact) mass is 267 g/mol. The lowest BCUT2D eigenvalue weighted by atomic mass is 10.0. The first-order chi connectivity index (χ1) is 8.38. The van der Waals surface area contributed by atoms with Crippen molar-refractivity contribution in [3.8, 4) is 0 Å². The number of benzene rings is 1. The van der Waals surface area contributed by atoms with Gasteiger partial charge in [0, 0.05) is 7.05 Å². The van der Waals surface area contributed by atoms with Crippen molar-refractivity contribution in [2.45, 2.75) is 31.1 Å². The second-order valence-corrected chi connectivity index (χ2v) is 5.70. The third-order valence-electron chi connectivity index (χ3n) is 3.18. The standard InChI is InChI=1S/C14H21NO2S/c1-14(2,10-16)15(3)13(17)12(18)9-11-7-5-4-6-8-11/h4-8,12,16,18H,9-10H2,1-3H3. The Labute approximate surface area is 114 Å². The number of hydrogen-bond acceptors (Lipinski definition) is 3. The van der Waals surface area contributed by atoms with E-state index < -0.39 is 5.54 Å². The highest BCUT2D eigenvalue weighted by atomic mass is 32.1. The molecular weight excluding hydrogens is 246 g/mol. The Morgan fingerprint density at radius 3 is 2.44 bits per heavy atom. The van der Waals surface area contributed by atoms with Gasteiger partial charge in [0.15, 0.2) is 0 Å². The average molecular weight is 267 g/mol. The van der Waals surface area contributed by atoms with Crippen LogP contribution in [0.25, 0.3) is 0 Å². The molecule has 1 atom stereocenters. The molecule has 0 aliphatic carbocycles. The van der Waals surface area contributed by atoms with Crippen LogP contribution in [0.4, 0.5) is 0 Å². The minimum absolute atomic E-state index is 0.0683. The van der Waals surface area contributed by atoms with Crippen molar-refractivity contribution in [2.24, 2.45) is 0 Å². The average Bonchev–Trinajstić information content (AvgIpc) is 2.38. The van der Waals surface area contributed by atoms with E-state index in [0.29, 0.717) is 6.42 Å². The summed E-state index contributed by atoms with van der Waals surface area (Å²) in [7, 11) is 1.70. The van der Waals surface area contributed by atoms with Crippen molar-refractivity contribution in [2.75, 3.05) is 13.7 Å². The highest BCUT2D eigenvalue weighted by Gasteiger charge is 2.30. The first kappa shape index (κ1) is 15.1. The van der Waals surface area contributed by atoms with Crippen LogP contribution in [0.2, 0.25) is 0 Å². The van der Waals surface area contributed by atoms with Crippen molar-refractivity contribution >= 4 is 18.5 Å². The molecule has 0 saturated carbocycles. The van der Waals surface area contributed by atoms with Crippen molar-refractivity contribution in [1.82, 2.24) is 4.90 Å². The fourth-order valence-corrected chi connectivity index (χ4v) is 1.94. The second-order valence-electron chi connectivity index (χ2n) is 5.07. The molecule has 1 unspecified atom stereocenters. The third-order valence-corrected chi connectivity index (χ3v) is 3.59. The summed E-state index contributed by atoms with van der Waals surface area (Å²) in [5.74, 6) is -0.0683. The van der Waals surface area contributed by atoms with Crippen molar-refractivity contribution in [3.63, 3.8) is 0 Å². The van der Waals surface area contributed by atoms with Gasteiger partial charge in [-0.05, 0) is 25.8 Å². The van der Waals surface area contributed by atoms with E-state index in [-0.39, 0.29) is 17.8 Å². The molecule has 4 heteroatoms. The van der Waals surface area contributed by atoms with Crippen molar-refractivity contribution in [1.29, 1.82) is 0 Å². The van der Waals surface area contributed by atoms with E-state index in [1.807, 2.05) is 44.2 Å². The summed E-state index contributed by atoms with van der Waals surface area (Å²) in [6.45, 7) is 3.59. The van der Waals surface area contributed by atoms with Gasteiger partial charge >= 0.3 is 0 Å². The molecule has 1 aromatic carbocycles. The molecule has 0 aliphatic rings. The number of amides is 1. The number of aliphatic hydroxyl groups excluding tert-OH is 1. The summed E-state index contributed by atoms with van der Waals surface area (Å²) in [6, 6.07) is 9.80. The normalized spacial score (nSPS) is 13.2. The molecule has 1 aromatic rings. The maximum absolute atomic E-state index is 12.2. The Morgan fingerprint density at radius 2 is 1.94 bits per heavy atom. The molecule has 0 aromatic heterocycles. The van der Waals surface area contributed by atoms with Crippen LogP contribution in [0.5, 0.6) is 0 Å². The Hall–Kier alpha value is -1.00. The lowest BCUT2D eigenvalue weighted by molar-refractivity contribution is -0.135. The third kappa shape index (κ3) is 3.75. The van der Waals surface area contributed by atoms with Gasteiger partial charge in [0.25, 0.3) is 0 Å². The highest BCUT2D eigenvalue weighted by molar-refractivity contribution is 7.81. The number of aliphatic hydroxyl groups is 1. The maximum Gasteiger partial charge on any atom is 0.236 e. The maximum atomic E-state index is 12.2. The van der Waals surface area contributed by atoms with Crippen LogP contribution in [0.1, 0.15) is 19.4 Å². The van der Waals surface area contributed by atoms with E-state index in [9.17, 15) is 9.90 Å². The first-order valence-corrected chi connectivity index (χ1v) is 6.50. The molecule has 0 fully saturated rings. The molecule has 18 heavy (non-hydrogen) atoms. The molecule has 0 radical (unpaired) electrons. The van der Waals surface area contributed by atoms with Gasteiger partial charge in [-0.15, -0.1) is 0 Å². The molecule has 3 nitrogen and oxygen atoms in total. The molecule has 0 heterocycles. The van der Waals surface area contributed by atoms with Crippen LogP contribution in [-0.4, -0.2) is 40.4 Å². The quantitative estimate of drug-likeness (QED) is 0.798. The number of nitrogens with zero attached hydrogens (tertiary/aromatic N) is 1. The Balaban J connectivity index is 2.67. The molecule has 1 rings (SSSR count). The van der Waals surface area contributed by atoms with Gasteiger partial charge in [-0.1, -0.05) is 30.3 Å². The van der Waals surface area contributed by atoms with Crippen LogP contribution in [0.3, 0.4) is 0 Å². The lowest BCUT2D eigenvalue weighted by Crippen LogP contribution is -2.50. The van der Waals surface area contributed by atoms with Crippen molar-refractivity contribution in [3.05, 3.63) is 35.9 Å². The zero-order valence-electron chi connectivity index (χ0n) is 11.1. The smallest absolute Gasteiger partial charge is 0.236 e. The highest BCUT2D eigenvalue weighted by Crippen LogP contribution is 2.16. The van der Waals surface area contributed by atoms with E-state index in [1.54, 1.807) is 11.9 Å². The molecule has 0 spiro atoms. The minimum Gasteiger partial charge on any atom is -0.394 e. The summed E-state index contributed by atoms with van der Waals surface area (Å²) in [4.78, 5) is 13.8. The van der Waals surface area contributed by atoms with Gasteiger partial charge in [0.2, 0.25) is 5.91 Å². The summed E-state index contributed by atoms with van der Waals surface area (Å²) in [6.07, 6.45) is 0.592. The summed E-state index contributed by atoms with van der Waals surface area (Å²) in [5, 5.41) is 8.88. The molecular formula is C14H21NO2S. The summed E-state index contributed by atoms with van der Waals surface area (Å²) < 4.78 is 0. The zero-order valence-corrected chi connectivity index (χ0v) is 12.0. The van der Waals surface area contributed by atoms with Gasteiger partial charge in [-0.2, -0.15) is 12.6 Å². The van der Waals surface area contributed by atoms with Crippen LogP contribution in [0, 0.1) is 0 Å². The minimum atomic E-state index is -0.561. The molecule has 1 N–H and O–H groups in total. The molecule has 100 valence electrons. The lowest BCUT2D eigenvalue weighted by Gasteiger charge is -2.35. The largest absolute Gasteiger partial charge is 0.394 e. The Morgan fingerprint density at radius 1 is 1.39 bits per heavy atom. The van der Waals surface area contributed by atoms with E-state index >= 15 is 0 Å². The predicted molar refractivity (Wildman–Crippen MR) is 76.9 cm³/mol. The number of carbonyl (C=O) groups is 1. The summed E-state index contributed by atoms with van der Waals surface area (Å²) >= 11 is 4.37. The van der Waals surface area contributed by atoms with Gasteiger partial charge in [0.05, 0.1) is 17.4 Å².